The van der Waals surface area contributed by atoms with Crippen LogP contribution in [0, 0.1) is 0 Å². The second-order valence-electron chi connectivity index (χ2n) is 6.85. The molecule has 3 aromatic rings. The minimum Gasteiger partial charge on any atom is -0.384 e. The molecule has 3 aromatic heterocycles. The Hall–Kier alpha value is -2.55. The molecule has 0 radical (unpaired) electrons. The fourth-order valence-corrected chi connectivity index (χ4v) is 2.31. The summed E-state index contributed by atoms with van der Waals surface area (Å²) >= 11 is 0. The lowest BCUT2D eigenvalue weighted by Crippen LogP contribution is -2.18. The van der Waals surface area contributed by atoms with Crippen LogP contribution in [0.25, 0.3) is 11.0 Å². The first-order valence-electron chi connectivity index (χ1n) is 8.13. The van der Waals surface area contributed by atoms with Crippen molar-refractivity contribution in [3.63, 3.8) is 0 Å². The molecule has 0 aliphatic rings. The van der Waals surface area contributed by atoms with Crippen molar-refractivity contribution in [3.05, 3.63) is 23.7 Å². The molecule has 0 aromatic carbocycles. The van der Waals surface area contributed by atoms with E-state index in [0.717, 1.165) is 16.9 Å². The first-order chi connectivity index (χ1) is 11.9. The number of nitrogens with one attached hydrogen (secondary N) is 1. The number of fused-ring (bicyclic) bond motifs is 1. The van der Waals surface area contributed by atoms with E-state index in [1.165, 1.54) is 0 Å². The van der Waals surface area contributed by atoms with E-state index in [2.05, 4.69) is 51.3 Å². The number of hydrogen-bond donors (Lipinski definition) is 1. The topological polar surface area (TPSA) is 104 Å². The Labute approximate surface area is 145 Å². The molecule has 0 fully saturated rings. The lowest BCUT2D eigenvalue weighted by molar-refractivity contribution is 0.199. The molecule has 0 unspecified atom stereocenters. The average molecular weight is 345 g/mol. The highest BCUT2D eigenvalue weighted by Crippen LogP contribution is 2.25. The zero-order valence-electron chi connectivity index (χ0n) is 15.2. The van der Waals surface area contributed by atoms with E-state index in [4.69, 9.17) is 9.26 Å². The molecule has 0 amide bonds. The number of nitrogens with zero attached hydrogens (tertiary/aromatic N) is 6. The summed E-state index contributed by atoms with van der Waals surface area (Å²) in [4.78, 5) is 13.6. The maximum absolute atomic E-state index is 5.25. The van der Waals surface area contributed by atoms with Crippen LogP contribution in [0.15, 0.2) is 10.7 Å². The fraction of sp³-hybridized carbons (Fsp3) is 0.562. The van der Waals surface area contributed by atoms with Crippen molar-refractivity contribution in [1.82, 2.24) is 29.9 Å². The molecule has 3 heterocycles. The van der Waals surface area contributed by atoms with Crippen molar-refractivity contribution in [3.8, 4) is 0 Å². The molecule has 134 valence electrons. The molecule has 3 rings (SSSR count). The van der Waals surface area contributed by atoms with Crippen LogP contribution < -0.4 is 5.32 Å². The Balaban J connectivity index is 1.84. The summed E-state index contributed by atoms with van der Waals surface area (Å²) < 4.78 is 12.0. The van der Waals surface area contributed by atoms with Gasteiger partial charge in [-0.25, -0.2) is 9.97 Å². The predicted octanol–water partition coefficient (Wildman–Crippen LogP) is 1.84. The highest BCUT2D eigenvalue weighted by atomic mass is 16.5. The molecule has 0 aliphatic carbocycles. The van der Waals surface area contributed by atoms with Gasteiger partial charge in [0, 0.05) is 26.0 Å². The minimum absolute atomic E-state index is 0.174. The molecule has 0 bridgehead atoms. The lowest BCUT2D eigenvalue weighted by Gasteiger charge is -2.18. The molecule has 9 heteroatoms. The van der Waals surface area contributed by atoms with Gasteiger partial charge >= 0.3 is 0 Å². The van der Waals surface area contributed by atoms with Crippen LogP contribution in [0.5, 0.6) is 0 Å². The summed E-state index contributed by atoms with van der Waals surface area (Å²) in [6.45, 7) is 7.17. The standard InChI is InChI=1S/C16H23N7O2/c1-16(2,3)15-20-13(10-8-18-23(4)14(10)21-15)17-9-12-19-11(22-25-12)6-7-24-5/h8H,6-7,9H2,1-5H3,(H,17,20,21). The predicted molar refractivity (Wildman–Crippen MR) is 92.2 cm³/mol. The third kappa shape index (κ3) is 3.76. The summed E-state index contributed by atoms with van der Waals surface area (Å²) in [6.07, 6.45) is 2.37. The Morgan fingerprint density at radius 3 is 2.76 bits per heavy atom. The summed E-state index contributed by atoms with van der Waals surface area (Å²) in [5, 5.41) is 12.3. The number of aryl methyl sites for hydroxylation is 1. The average Bonchev–Trinajstić information content (AvgIpc) is 3.17. The van der Waals surface area contributed by atoms with Crippen LogP contribution in [0.2, 0.25) is 0 Å². The van der Waals surface area contributed by atoms with Crippen molar-refractivity contribution >= 4 is 16.9 Å². The Morgan fingerprint density at radius 1 is 1.24 bits per heavy atom. The normalized spacial score (nSPS) is 12.0. The molecule has 1 N–H and O–H groups in total. The highest BCUT2D eigenvalue weighted by Gasteiger charge is 2.21. The number of ether oxygens (including phenoxy) is 1. The number of rotatable bonds is 6. The molecular formula is C16H23N7O2. The van der Waals surface area contributed by atoms with Gasteiger partial charge in [0.05, 0.1) is 24.7 Å². The second kappa shape index (κ2) is 6.75. The van der Waals surface area contributed by atoms with E-state index in [0.29, 0.717) is 37.1 Å². The van der Waals surface area contributed by atoms with Crippen LogP contribution in [-0.2, 0) is 30.2 Å². The van der Waals surface area contributed by atoms with E-state index in [1.807, 2.05) is 7.05 Å². The van der Waals surface area contributed by atoms with Crippen LogP contribution in [-0.4, -0.2) is 43.6 Å². The number of methoxy groups -OCH3 is 1. The smallest absolute Gasteiger partial charge is 0.245 e. The van der Waals surface area contributed by atoms with Gasteiger partial charge in [0.15, 0.2) is 11.5 Å². The summed E-state index contributed by atoms with van der Waals surface area (Å²) in [6, 6.07) is 0. The third-order valence-electron chi connectivity index (χ3n) is 3.71. The van der Waals surface area contributed by atoms with E-state index in [-0.39, 0.29) is 5.41 Å². The Kier molecular flexibility index (Phi) is 4.67. The molecule has 0 aliphatic heterocycles. The minimum atomic E-state index is -0.174. The zero-order valence-corrected chi connectivity index (χ0v) is 15.2. The van der Waals surface area contributed by atoms with Gasteiger partial charge in [-0.2, -0.15) is 10.1 Å². The SMILES string of the molecule is COCCc1noc(CNc2nc(C(C)(C)C)nc3c2cnn3C)n1. The number of anilines is 1. The number of aromatic nitrogens is 6. The summed E-state index contributed by atoms with van der Waals surface area (Å²) in [5.74, 6) is 2.58. The van der Waals surface area contributed by atoms with Crippen molar-refractivity contribution in [2.45, 2.75) is 39.2 Å². The Bertz CT molecular complexity index is 863. The molecular weight excluding hydrogens is 322 g/mol. The first-order valence-corrected chi connectivity index (χ1v) is 8.13. The van der Waals surface area contributed by atoms with E-state index >= 15 is 0 Å². The monoisotopic (exact) mass is 345 g/mol. The van der Waals surface area contributed by atoms with Crippen molar-refractivity contribution in [1.29, 1.82) is 0 Å². The summed E-state index contributed by atoms with van der Waals surface area (Å²) in [7, 11) is 3.51. The quantitative estimate of drug-likeness (QED) is 0.722. The van der Waals surface area contributed by atoms with Crippen LogP contribution in [0.3, 0.4) is 0 Å². The van der Waals surface area contributed by atoms with Gasteiger partial charge in [-0.1, -0.05) is 25.9 Å². The molecule has 0 saturated carbocycles. The van der Waals surface area contributed by atoms with Gasteiger partial charge in [0.2, 0.25) is 5.89 Å². The molecule has 9 nitrogen and oxygen atoms in total. The second-order valence-corrected chi connectivity index (χ2v) is 6.85. The van der Waals surface area contributed by atoms with Gasteiger partial charge in [-0.15, -0.1) is 0 Å². The molecule has 25 heavy (non-hydrogen) atoms. The molecule has 0 atom stereocenters. The van der Waals surface area contributed by atoms with Crippen molar-refractivity contribution in [2.75, 3.05) is 19.0 Å². The fourth-order valence-electron chi connectivity index (χ4n) is 2.31. The third-order valence-corrected chi connectivity index (χ3v) is 3.71. The van der Waals surface area contributed by atoms with Crippen molar-refractivity contribution in [2.24, 2.45) is 7.05 Å². The maximum atomic E-state index is 5.25. The first kappa shape index (κ1) is 17.3. The van der Waals surface area contributed by atoms with Crippen molar-refractivity contribution < 1.29 is 9.26 Å². The van der Waals surface area contributed by atoms with Gasteiger partial charge in [0.1, 0.15) is 11.6 Å². The number of hydrogen-bond acceptors (Lipinski definition) is 8. The van der Waals surface area contributed by atoms with Crippen LogP contribution in [0.1, 0.15) is 38.3 Å². The Morgan fingerprint density at radius 2 is 2.04 bits per heavy atom. The molecule has 0 saturated heterocycles. The maximum Gasteiger partial charge on any atom is 0.245 e. The van der Waals surface area contributed by atoms with Crippen LogP contribution >= 0.6 is 0 Å². The summed E-state index contributed by atoms with van der Waals surface area (Å²) in [5.41, 5.74) is 0.612. The molecule has 0 spiro atoms. The van der Waals surface area contributed by atoms with Gasteiger partial charge in [-0.05, 0) is 0 Å². The van der Waals surface area contributed by atoms with Crippen LogP contribution in [0.4, 0.5) is 5.82 Å². The highest BCUT2D eigenvalue weighted by molar-refractivity contribution is 5.86. The lowest BCUT2D eigenvalue weighted by atomic mass is 9.95. The van der Waals surface area contributed by atoms with E-state index in [9.17, 15) is 0 Å². The largest absolute Gasteiger partial charge is 0.384 e. The van der Waals surface area contributed by atoms with E-state index in [1.54, 1.807) is 18.0 Å². The van der Waals surface area contributed by atoms with Gasteiger partial charge in [0.25, 0.3) is 0 Å². The van der Waals surface area contributed by atoms with Gasteiger partial charge < -0.3 is 14.6 Å². The zero-order chi connectivity index (χ0) is 18.0. The van der Waals surface area contributed by atoms with Gasteiger partial charge in [-0.3, -0.25) is 4.68 Å². The van der Waals surface area contributed by atoms with E-state index < -0.39 is 0 Å².